The van der Waals surface area contributed by atoms with Crippen LogP contribution in [0.2, 0.25) is 0 Å². The third-order valence-corrected chi connectivity index (χ3v) is 2.49. The van der Waals surface area contributed by atoms with E-state index >= 15 is 0 Å². The highest BCUT2D eigenvalue weighted by Crippen LogP contribution is 1.98. The van der Waals surface area contributed by atoms with Gasteiger partial charge in [0.25, 0.3) is 0 Å². The maximum atomic E-state index is 5.51. The highest BCUT2D eigenvalue weighted by atomic mass is 16.5. The average Bonchev–Trinajstić information content (AvgIpc) is 2.62. The Balaban J connectivity index is 1.94. The van der Waals surface area contributed by atoms with E-state index in [1.807, 2.05) is 24.1 Å². The average molecular weight is 225 g/mol. The molecule has 0 saturated heterocycles. The standard InChI is InChI=1S/C12H23N3O/c1-11(2)4-6-16-7-5-13-8-12-9-14-10-15(12)3/h9-11,13H,4-8H2,1-3H3. The first-order valence-corrected chi connectivity index (χ1v) is 5.94. The summed E-state index contributed by atoms with van der Waals surface area (Å²) in [6.07, 6.45) is 4.84. The second-order valence-corrected chi connectivity index (χ2v) is 4.47. The first kappa shape index (κ1) is 13.2. The van der Waals surface area contributed by atoms with Crippen LogP contribution in [0.3, 0.4) is 0 Å². The molecule has 1 N–H and O–H groups in total. The molecule has 0 amide bonds. The zero-order valence-corrected chi connectivity index (χ0v) is 10.6. The lowest BCUT2D eigenvalue weighted by molar-refractivity contribution is 0.125. The van der Waals surface area contributed by atoms with E-state index in [0.29, 0.717) is 0 Å². The van der Waals surface area contributed by atoms with Gasteiger partial charge in [-0.15, -0.1) is 0 Å². The number of aryl methyl sites for hydroxylation is 1. The fourth-order valence-corrected chi connectivity index (χ4v) is 1.34. The maximum Gasteiger partial charge on any atom is 0.0945 e. The first-order valence-electron chi connectivity index (χ1n) is 5.94. The molecular formula is C12H23N3O. The van der Waals surface area contributed by atoms with E-state index in [2.05, 4.69) is 24.1 Å². The van der Waals surface area contributed by atoms with Crippen LogP contribution in [0.25, 0.3) is 0 Å². The Morgan fingerprint density at radius 2 is 2.25 bits per heavy atom. The molecule has 0 atom stereocenters. The molecule has 0 bridgehead atoms. The van der Waals surface area contributed by atoms with Gasteiger partial charge in [-0.25, -0.2) is 4.98 Å². The molecule has 0 aromatic carbocycles. The largest absolute Gasteiger partial charge is 0.380 e. The van der Waals surface area contributed by atoms with E-state index in [1.54, 1.807) is 0 Å². The summed E-state index contributed by atoms with van der Waals surface area (Å²) in [6.45, 7) is 7.82. The summed E-state index contributed by atoms with van der Waals surface area (Å²) in [5.41, 5.74) is 1.20. The van der Waals surface area contributed by atoms with Gasteiger partial charge in [-0.2, -0.15) is 0 Å². The van der Waals surface area contributed by atoms with Gasteiger partial charge in [0.2, 0.25) is 0 Å². The molecule has 1 aromatic rings. The van der Waals surface area contributed by atoms with Crippen molar-refractivity contribution in [2.45, 2.75) is 26.8 Å². The van der Waals surface area contributed by atoms with E-state index in [4.69, 9.17) is 4.74 Å². The summed E-state index contributed by atoms with van der Waals surface area (Å²) in [6, 6.07) is 0. The Morgan fingerprint density at radius 1 is 1.44 bits per heavy atom. The van der Waals surface area contributed by atoms with Crippen LogP contribution < -0.4 is 5.32 Å². The molecule has 92 valence electrons. The Labute approximate surface area is 98.0 Å². The van der Waals surface area contributed by atoms with Gasteiger partial charge in [0.05, 0.1) is 18.6 Å². The van der Waals surface area contributed by atoms with Crippen molar-refractivity contribution < 1.29 is 4.74 Å². The second-order valence-electron chi connectivity index (χ2n) is 4.47. The smallest absolute Gasteiger partial charge is 0.0945 e. The second kappa shape index (κ2) is 7.41. The summed E-state index contributed by atoms with van der Waals surface area (Å²) in [4.78, 5) is 4.06. The number of nitrogens with zero attached hydrogens (tertiary/aromatic N) is 2. The van der Waals surface area contributed by atoms with Gasteiger partial charge in [0.15, 0.2) is 0 Å². The Morgan fingerprint density at radius 3 is 2.88 bits per heavy atom. The predicted octanol–water partition coefficient (Wildman–Crippen LogP) is 1.57. The van der Waals surface area contributed by atoms with Crippen molar-refractivity contribution in [2.24, 2.45) is 13.0 Å². The summed E-state index contributed by atoms with van der Waals surface area (Å²) < 4.78 is 7.53. The first-order chi connectivity index (χ1) is 7.70. The zero-order valence-electron chi connectivity index (χ0n) is 10.6. The van der Waals surface area contributed by atoms with Gasteiger partial charge in [0, 0.05) is 32.9 Å². The van der Waals surface area contributed by atoms with Crippen molar-refractivity contribution in [3.8, 4) is 0 Å². The lowest BCUT2D eigenvalue weighted by Gasteiger charge is -2.07. The highest BCUT2D eigenvalue weighted by molar-refractivity contribution is 4.96. The van der Waals surface area contributed by atoms with E-state index in [0.717, 1.165) is 38.6 Å². The van der Waals surface area contributed by atoms with Gasteiger partial charge in [-0.1, -0.05) is 13.8 Å². The topological polar surface area (TPSA) is 39.1 Å². The van der Waals surface area contributed by atoms with Gasteiger partial charge in [-0.05, 0) is 12.3 Å². The maximum absolute atomic E-state index is 5.51. The van der Waals surface area contributed by atoms with E-state index in [9.17, 15) is 0 Å². The van der Waals surface area contributed by atoms with Crippen LogP contribution in [0.5, 0.6) is 0 Å². The van der Waals surface area contributed by atoms with Crippen LogP contribution in [0.1, 0.15) is 26.0 Å². The summed E-state index contributed by atoms with van der Waals surface area (Å²) in [5.74, 6) is 0.724. The molecule has 4 nitrogen and oxygen atoms in total. The van der Waals surface area contributed by atoms with E-state index in [-0.39, 0.29) is 0 Å². The summed E-state index contributed by atoms with van der Waals surface area (Å²) in [7, 11) is 2.00. The van der Waals surface area contributed by atoms with Crippen molar-refractivity contribution in [1.82, 2.24) is 14.9 Å². The normalized spacial score (nSPS) is 11.2. The van der Waals surface area contributed by atoms with Crippen molar-refractivity contribution in [3.05, 3.63) is 18.2 Å². The van der Waals surface area contributed by atoms with E-state index < -0.39 is 0 Å². The molecule has 0 saturated carbocycles. The summed E-state index contributed by atoms with van der Waals surface area (Å²) >= 11 is 0. The van der Waals surface area contributed by atoms with Crippen LogP contribution >= 0.6 is 0 Å². The molecule has 1 aromatic heterocycles. The van der Waals surface area contributed by atoms with Crippen molar-refractivity contribution in [1.29, 1.82) is 0 Å². The number of nitrogens with one attached hydrogen (secondary N) is 1. The molecule has 0 radical (unpaired) electrons. The minimum atomic E-state index is 0.724. The van der Waals surface area contributed by atoms with Crippen LogP contribution in [0, 0.1) is 5.92 Å². The Hall–Kier alpha value is -0.870. The number of aromatic nitrogens is 2. The fourth-order valence-electron chi connectivity index (χ4n) is 1.34. The zero-order chi connectivity index (χ0) is 11.8. The molecule has 16 heavy (non-hydrogen) atoms. The molecule has 4 heteroatoms. The molecule has 0 fully saturated rings. The molecule has 1 rings (SSSR count). The van der Waals surface area contributed by atoms with Crippen molar-refractivity contribution in [3.63, 3.8) is 0 Å². The van der Waals surface area contributed by atoms with Crippen LogP contribution in [0.4, 0.5) is 0 Å². The lowest BCUT2D eigenvalue weighted by atomic mass is 10.1. The van der Waals surface area contributed by atoms with Crippen LogP contribution in [-0.4, -0.2) is 29.3 Å². The number of hydrogen-bond donors (Lipinski definition) is 1. The number of ether oxygens (including phenoxy) is 1. The van der Waals surface area contributed by atoms with E-state index in [1.165, 1.54) is 5.69 Å². The summed E-state index contributed by atoms with van der Waals surface area (Å²) in [5, 5.41) is 3.33. The van der Waals surface area contributed by atoms with Gasteiger partial charge >= 0.3 is 0 Å². The van der Waals surface area contributed by atoms with Crippen molar-refractivity contribution >= 4 is 0 Å². The Kier molecular flexibility index (Phi) is 6.11. The SMILES string of the molecule is CC(C)CCOCCNCc1cncn1C. The van der Waals surface area contributed by atoms with Crippen molar-refractivity contribution in [2.75, 3.05) is 19.8 Å². The molecule has 0 aliphatic heterocycles. The number of imidazole rings is 1. The molecule has 1 heterocycles. The number of rotatable bonds is 8. The fraction of sp³-hybridized carbons (Fsp3) is 0.750. The minimum Gasteiger partial charge on any atom is -0.380 e. The minimum absolute atomic E-state index is 0.724. The quantitative estimate of drug-likeness (QED) is 0.683. The van der Waals surface area contributed by atoms with Crippen LogP contribution in [0.15, 0.2) is 12.5 Å². The third-order valence-electron chi connectivity index (χ3n) is 2.49. The predicted molar refractivity (Wildman–Crippen MR) is 65.2 cm³/mol. The molecule has 0 spiro atoms. The third kappa shape index (κ3) is 5.28. The molecule has 0 aliphatic carbocycles. The highest BCUT2D eigenvalue weighted by Gasteiger charge is 1.97. The lowest BCUT2D eigenvalue weighted by Crippen LogP contribution is -2.20. The van der Waals surface area contributed by atoms with Gasteiger partial charge in [0.1, 0.15) is 0 Å². The number of hydrogen-bond acceptors (Lipinski definition) is 3. The van der Waals surface area contributed by atoms with Gasteiger partial charge in [-0.3, -0.25) is 0 Å². The Bertz CT molecular complexity index is 284. The molecular weight excluding hydrogens is 202 g/mol. The monoisotopic (exact) mass is 225 g/mol. The molecule has 0 unspecified atom stereocenters. The van der Waals surface area contributed by atoms with Gasteiger partial charge < -0.3 is 14.6 Å². The molecule has 0 aliphatic rings. The van der Waals surface area contributed by atoms with Crippen LogP contribution in [-0.2, 0) is 18.3 Å².